The van der Waals surface area contributed by atoms with E-state index < -0.39 is 0 Å². The van der Waals surface area contributed by atoms with E-state index in [1.54, 1.807) is 35.2 Å². The van der Waals surface area contributed by atoms with Crippen molar-refractivity contribution in [2.75, 3.05) is 31.6 Å². The van der Waals surface area contributed by atoms with Crippen LogP contribution in [0.3, 0.4) is 0 Å². The molecule has 0 spiro atoms. The van der Waals surface area contributed by atoms with Gasteiger partial charge in [-0.25, -0.2) is 4.98 Å². The Balaban J connectivity index is 1.93. The lowest BCUT2D eigenvalue weighted by atomic mass is 10.4. The second-order valence-electron chi connectivity index (χ2n) is 4.76. The molecule has 1 saturated heterocycles. The molecule has 0 bridgehead atoms. The van der Waals surface area contributed by atoms with Gasteiger partial charge in [0.15, 0.2) is 0 Å². The van der Waals surface area contributed by atoms with Crippen LogP contribution in [0.5, 0.6) is 0 Å². The van der Waals surface area contributed by atoms with Crippen LogP contribution >= 0.6 is 11.6 Å². The smallest absolute Gasteiger partial charge is 0.241 e. The van der Waals surface area contributed by atoms with E-state index in [1.807, 2.05) is 4.90 Å². The Labute approximate surface area is 126 Å². The van der Waals surface area contributed by atoms with Crippen molar-refractivity contribution in [3.63, 3.8) is 0 Å². The second kappa shape index (κ2) is 5.65. The highest BCUT2D eigenvalue weighted by Gasteiger charge is 2.22. The van der Waals surface area contributed by atoms with Crippen LogP contribution in [-0.2, 0) is 4.79 Å². The van der Waals surface area contributed by atoms with Gasteiger partial charge in [-0.2, -0.15) is 15.0 Å². The minimum Gasteiger partial charge on any atom is -0.344 e. The monoisotopic (exact) mass is 307 g/mol. The minimum absolute atomic E-state index is 0.0354. The van der Waals surface area contributed by atoms with E-state index in [-0.39, 0.29) is 17.7 Å². The van der Waals surface area contributed by atoms with Crippen LogP contribution in [0.4, 0.5) is 5.95 Å². The van der Waals surface area contributed by atoms with Crippen molar-refractivity contribution in [3.05, 3.63) is 24.0 Å². The Morgan fingerprint density at radius 3 is 2.76 bits per heavy atom. The van der Waals surface area contributed by atoms with Crippen LogP contribution in [0.1, 0.15) is 6.42 Å². The van der Waals surface area contributed by atoms with E-state index in [1.165, 1.54) is 0 Å². The van der Waals surface area contributed by atoms with E-state index in [0.717, 1.165) is 13.0 Å². The zero-order valence-corrected chi connectivity index (χ0v) is 12.2. The number of anilines is 1. The fraction of sp³-hybridized carbons (Fsp3) is 0.417. The number of hydrogen-bond donors (Lipinski definition) is 0. The van der Waals surface area contributed by atoms with Gasteiger partial charge in [-0.15, -0.1) is 0 Å². The Morgan fingerprint density at radius 2 is 2.00 bits per heavy atom. The molecule has 1 aliphatic rings. The summed E-state index contributed by atoms with van der Waals surface area (Å²) in [6.07, 6.45) is 5.78. The fourth-order valence-corrected chi connectivity index (χ4v) is 2.27. The largest absolute Gasteiger partial charge is 0.344 e. The molecule has 1 amide bonds. The van der Waals surface area contributed by atoms with Gasteiger partial charge in [0, 0.05) is 32.5 Å². The predicted octanol–water partition coefficient (Wildman–Crippen LogP) is 0.379. The molecule has 1 fully saturated rings. The third kappa shape index (κ3) is 2.94. The highest BCUT2D eigenvalue weighted by Crippen LogP contribution is 2.15. The quantitative estimate of drug-likeness (QED) is 0.798. The number of likely N-dealkylation sites (N-methyl/N-ethyl adjacent to an activating group) is 1. The maximum absolute atomic E-state index is 12.0. The summed E-state index contributed by atoms with van der Waals surface area (Å²) in [6.45, 7) is 1.66. The van der Waals surface area contributed by atoms with Crippen molar-refractivity contribution < 1.29 is 4.79 Å². The highest BCUT2D eigenvalue weighted by atomic mass is 35.5. The maximum atomic E-state index is 12.0. The lowest BCUT2D eigenvalue weighted by Crippen LogP contribution is -2.35. The van der Waals surface area contributed by atoms with Gasteiger partial charge in [-0.05, 0) is 18.0 Å². The lowest BCUT2D eigenvalue weighted by Gasteiger charge is -2.19. The number of carbonyl (C=O) groups excluding carboxylic acids is 1. The first-order valence-electron chi connectivity index (χ1n) is 6.52. The zero-order valence-electron chi connectivity index (χ0n) is 11.5. The highest BCUT2D eigenvalue weighted by molar-refractivity contribution is 6.28. The molecule has 0 unspecified atom stereocenters. The lowest BCUT2D eigenvalue weighted by molar-refractivity contribution is -0.127. The van der Waals surface area contributed by atoms with Gasteiger partial charge >= 0.3 is 0 Å². The number of amides is 1. The number of nitrogens with zero attached hydrogens (tertiary/aromatic N) is 7. The Morgan fingerprint density at radius 1 is 1.19 bits per heavy atom. The molecule has 1 aliphatic heterocycles. The first-order valence-corrected chi connectivity index (χ1v) is 6.90. The van der Waals surface area contributed by atoms with Crippen molar-refractivity contribution in [3.8, 4) is 5.95 Å². The van der Waals surface area contributed by atoms with E-state index >= 15 is 0 Å². The van der Waals surface area contributed by atoms with Crippen LogP contribution in [-0.4, -0.2) is 62.0 Å². The van der Waals surface area contributed by atoms with Gasteiger partial charge in [0.25, 0.3) is 0 Å². The molecule has 0 atom stereocenters. The molecule has 2 aromatic heterocycles. The molecule has 3 rings (SSSR count). The topological polar surface area (TPSA) is 80.0 Å². The average Bonchev–Trinajstić information content (AvgIpc) is 2.94. The molecule has 3 heterocycles. The van der Waals surface area contributed by atoms with Gasteiger partial charge in [0.1, 0.15) is 6.33 Å². The summed E-state index contributed by atoms with van der Waals surface area (Å²) in [6, 6.07) is 0. The molecule has 0 saturated carbocycles. The summed E-state index contributed by atoms with van der Waals surface area (Å²) in [4.78, 5) is 32.0. The maximum Gasteiger partial charge on any atom is 0.241 e. The number of imidazole rings is 1. The van der Waals surface area contributed by atoms with Gasteiger partial charge in [-0.3, -0.25) is 9.36 Å². The van der Waals surface area contributed by atoms with E-state index in [2.05, 4.69) is 19.9 Å². The molecule has 0 aromatic carbocycles. The normalized spacial score (nSPS) is 16.2. The summed E-state index contributed by atoms with van der Waals surface area (Å²) in [7, 11) is 1.79. The van der Waals surface area contributed by atoms with Crippen molar-refractivity contribution in [1.29, 1.82) is 0 Å². The van der Waals surface area contributed by atoms with Gasteiger partial charge < -0.3 is 9.80 Å². The molecular formula is C12H14ClN7O. The van der Waals surface area contributed by atoms with Crippen LogP contribution in [0.15, 0.2) is 18.7 Å². The van der Waals surface area contributed by atoms with Gasteiger partial charge in [-0.1, -0.05) is 0 Å². The number of aromatic nitrogens is 5. The molecule has 0 radical (unpaired) electrons. The van der Waals surface area contributed by atoms with Crippen molar-refractivity contribution in [2.24, 2.45) is 0 Å². The SMILES string of the molecule is CN1CCCN(c2nc(Cl)nc(-n3ccnc3)n2)CC1=O. The molecule has 0 aliphatic carbocycles. The summed E-state index contributed by atoms with van der Waals surface area (Å²) < 4.78 is 1.64. The van der Waals surface area contributed by atoms with E-state index in [9.17, 15) is 4.79 Å². The standard InChI is InChI=1S/C12H14ClN7O/c1-18-4-2-5-19(7-9(18)21)11-15-10(13)16-12(17-11)20-6-3-14-8-20/h3,6,8H,2,4-5,7H2,1H3. The van der Waals surface area contributed by atoms with Crippen molar-refractivity contribution >= 4 is 23.5 Å². The van der Waals surface area contributed by atoms with E-state index in [0.29, 0.717) is 18.4 Å². The Bertz CT molecular complexity index is 645. The molecular weight excluding hydrogens is 294 g/mol. The van der Waals surface area contributed by atoms with Crippen molar-refractivity contribution in [1.82, 2.24) is 29.4 Å². The molecule has 2 aromatic rings. The first-order chi connectivity index (χ1) is 10.1. The van der Waals surface area contributed by atoms with Gasteiger partial charge in [0.2, 0.25) is 23.1 Å². The number of rotatable bonds is 2. The molecule has 110 valence electrons. The van der Waals surface area contributed by atoms with Crippen LogP contribution in [0.2, 0.25) is 5.28 Å². The summed E-state index contributed by atoms with van der Waals surface area (Å²) in [5.74, 6) is 0.822. The third-order valence-electron chi connectivity index (χ3n) is 3.28. The van der Waals surface area contributed by atoms with E-state index in [4.69, 9.17) is 11.6 Å². The van der Waals surface area contributed by atoms with Crippen molar-refractivity contribution in [2.45, 2.75) is 6.42 Å². The second-order valence-corrected chi connectivity index (χ2v) is 5.10. The predicted molar refractivity (Wildman–Crippen MR) is 76.4 cm³/mol. The minimum atomic E-state index is 0.0354. The number of carbonyl (C=O) groups is 1. The summed E-state index contributed by atoms with van der Waals surface area (Å²) >= 11 is 5.97. The zero-order chi connectivity index (χ0) is 14.8. The Kier molecular flexibility index (Phi) is 3.70. The van der Waals surface area contributed by atoms with Gasteiger partial charge in [0.05, 0.1) is 6.54 Å². The third-order valence-corrected chi connectivity index (χ3v) is 3.45. The molecule has 9 heteroatoms. The summed E-state index contributed by atoms with van der Waals surface area (Å²) in [5, 5.41) is 0.0914. The van der Waals surface area contributed by atoms with Crippen LogP contribution in [0.25, 0.3) is 5.95 Å². The van der Waals surface area contributed by atoms with Crippen LogP contribution in [0, 0.1) is 0 Å². The first kappa shape index (κ1) is 13.7. The molecule has 21 heavy (non-hydrogen) atoms. The number of halogens is 1. The molecule has 8 nitrogen and oxygen atoms in total. The average molecular weight is 308 g/mol. The molecule has 0 N–H and O–H groups in total. The van der Waals surface area contributed by atoms with Crippen LogP contribution < -0.4 is 4.90 Å². The number of hydrogen-bond acceptors (Lipinski definition) is 6. The Hall–Kier alpha value is -2.22. The summed E-state index contributed by atoms with van der Waals surface area (Å²) in [5.41, 5.74) is 0. The fourth-order valence-electron chi connectivity index (χ4n) is 2.12.